The zero-order valence-electron chi connectivity index (χ0n) is 21.9. The van der Waals surface area contributed by atoms with E-state index in [9.17, 15) is 14.4 Å². The first-order valence-corrected chi connectivity index (χ1v) is 12.7. The summed E-state index contributed by atoms with van der Waals surface area (Å²) in [4.78, 5) is 43.5. The number of aliphatic imine (C=N–C) groups is 1. The number of esters is 2. The molecule has 0 N–H and O–H groups in total. The lowest BCUT2D eigenvalue weighted by molar-refractivity contribution is -0.143. The fourth-order valence-electron chi connectivity index (χ4n) is 5.27. The minimum Gasteiger partial charge on any atom is -0.490 e. The van der Waals surface area contributed by atoms with E-state index in [4.69, 9.17) is 19.2 Å². The number of allylic oxidation sites excluding steroid dienone is 1. The van der Waals surface area contributed by atoms with E-state index in [0.717, 1.165) is 11.3 Å². The van der Waals surface area contributed by atoms with Crippen LogP contribution in [0.4, 0.5) is 0 Å². The van der Waals surface area contributed by atoms with Crippen molar-refractivity contribution >= 4 is 23.4 Å². The maximum atomic E-state index is 13.8. The Balaban J connectivity index is 1.82. The van der Waals surface area contributed by atoms with Gasteiger partial charge in [-0.15, -0.1) is 0 Å². The fraction of sp³-hybridized carbons (Fsp3) is 0.400. The monoisotopic (exact) mass is 503 g/mol. The third kappa shape index (κ3) is 5.66. The fourth-order valence-corrected chi connectivity index (χ4v) is 5.27. The maximum absolute atomic E-state index is 13.8. The molecule has 0 saturated heterocycles. The largest absolute Gasteiger partial charge is 0.490 e. The smallest absolute Gasteiger partial charge is 0.336 e. The number of ether oxygens (including phenoxy) is 3. The number of ketones is 1. The molecule has 1 saturated carbocycles. The average Bonchev–Trinajstić information content (AvgIpc) is 2.84. The number of fused-ring (bicyclic) bond motifs is 1. The molecule has 0 spiro atoms. The van der Waals surface area contributed by atoms with Crippen LogP contribution in [0.3, 0.4) is 0 Å². The van der Waals surface area contributed by atoms with Crippen molar-refractivity contribution in [2.75, 3.05) is 6.61 Å². The van der Waals surface area contributed by atoms with E-state index >= 15 is 0 Å². The van der Waals surface area contributed by atoms with Gasteiger partial charge in [0, 0.05) is 30.7 Å². The maximum Gasteiger partial charge on any atom is 0.336 e. The van der Waals surface area contributed by atoms with Crippen LogP contribution in [0.5, 0.6) is 11.5 Å². The highest BCUT2D eigenvalue weighted by molar-refractivity contribution is 6.12. The Morgan fingerprint density at radius 1 is 1.00 bits per heavy atom. The highest BCUT2D eigenvalue weighted by Crippen LogP contribution is 2.47. The van der Waals surface area contributed by atoms with E-state index in [0.29, 0.717) is 42.0 Å². The van der Waals surface area contributed by atoms with Crippen molar-refractivity contribution < 1.29 is 28.6 Å². The third-order valence-electron chi connectivity index (χ3n) is 6.67. The molecule has 37 heavy (non-hydrogen) atoms. The molecule has 0 radical (unpaired) electrons. The Hall–Kier alpha value is -3.74. The minimum atomic E-state index is -0.590. The molecule has 7 nitrogen and oxygen atoms in total. The summed E-state index contributed by atoms with van der Waals surface area (Å²) in [6.45, 7) is 8.88. The first kappa shape index (κ1) is 26.3. The van der Waals surface area contributed by atoms with E-state index in [-0.39, 0.29) is 23.6 Å². The lowest BCUT2D eigenvalue weighted by Gasteiger charge is -2.38. The molecule has 4 rings (SSSR count). The summed E-state index contributed by atoms with van der Waals surface area (Å²) in [5.74, 6) is -1.40. The van der Waals surface area contributed by atoms with Crippen LogP contribution in [0.1, 0.15) is 70.4 Å². The van der Waals surface area contributed by atoms with Crippen LogP contribution in [-0.2, 0) is 19.1 Å². The molecule has 1 aliphatic carbocycles. The van der Waals surface area contributed by atoms with Gasteiger partial charge in [0.15, 0.2) is 11.5 Å². The van der Waals surface area contributed by atoms with Crippen molar-refractivity contribution in [1.82, 2.24) is 0 Å². The van der Waals surface area contributed by atoms with Crippen LogP contribution < -0.4 is 9.47 Å². The Labute approximate surface area is 217 Å². The summed E-state index contributed by atoms with van der Waals surface area (Å²) in [6.07, 6.45) is 0.665. The summed E-state index contributed by atoms with van der Waals surface area (Å²) in [5.41, 5.74) is 3.50. The van der Waals surface area contributed by atoms with Crippen molar-refractivity contribution in [1.29, 1.82) is 0 Å². The van der Waals surface area contributed by atoms with Crippen LogP contribution in [0.15, 0.2) is 64.8 Å². The van der Waals surface area contributed by atoms with Gasteiger partial charge in [0.1, 0.15) is 5.78 Å². The molecule has 194 valence electrons. The summed E-state index contributed by atoms with van der Waals surface area (Å²) >= 11 is 0. The second-order valence-electron chi connectivity index (χ2n) is 9.73. The van der Waals surface area contributed by atoms with Crippen molar-refractivity contribution in [3.63, 3.8) is 0 Å². The SMILES string of the molecule is CCOc1cc([C@H]2C(C(=O)OC(C)C)=C(C)N=C3C[C@H](c4ccccc4)CC(=O)C32)ccc1OC(C)=O. The Bertz CT molecular complexity index is 1260. The topological polar surface area (TPSA) is 91.3 Å². The predicted molar refractivity (Wildman–Crippen MR) is 140 cm³/mol. The second kappa shape index (κ2) is 11.1. The number of rotatable bonds is 7. The van der Waals surface area contributed by atoms with E-state index < -0.39 is 23.8 Å². The summed E-state index contributed by atoms with van der Waals surface area (Å²) < 4.78 is 16.7. The van der Waals surface area contributed by atoms with Crippen molar-refractivity contribution in [3.05, 3.63) is 70.9 Å². The van der Waals surface area contributed by atoms with Gasteiger partial charge in [-0.1, -0.05) is 36.4 Å². The highest BCUT2D eigenvalue weighted by atomic mass is 16.6. The summed E-state index contributed by atoms with van der Waals surface area (Å²) in [6, 6.07) is 15.2. The van der Waals surface area contributed by atoms with Gasteiger partial charge in [-0.3, -0.25) is 14.6 Å². The van der Waals surface area contributed by atoms with E-state index in [1.54, 1.807) is 39.0 Å². The van der Waals surface area contributed by atoms with E-state index in [1.807, 2.05) is 37.3 Å². The number of benzene rings is 2. The molecule has 2 aliphatic rings. The Morgan fingerprint density at radius 3 is 2.38 bits per heavy atom. The summed E-state index contributed by atoms with van der Waals surface area (Å²) in [5, 5.41) is 0. The minimum absolute atomic E-state index is 0.0339. The molecule has 1 aliphatic heterocycles. The number of carbonyl (C=O) groups is 3. The molecule has 0 amide bonds. The molecule has 3 atom stereocenters. The standard InChI is InChI=1S/C30H33NO6/c1-6-35-26-16-21(12-13-25(26)37-19(5)32)28-27(30(34)36-17(2)3)18(4)31-23-14-22(15-24(33)29(23)28)20-10-8-7-9-11-20/h7-13,16-17,22,28-29H,6,14-15H2,1-5H3/t22-,28-,29?/m0/s1. The van der Waals surface area contributed by atoms with Gasteiger partial charge in [0.25, 0.3) is 0 Å². The van der Waals surface area contributed by atoms with Gasteiger partial charge in [0.05, 0.1) is 24.2 Å². The first-order valence-electron chi connectivity index (χ1n) is 12.7. The molecule has 0 aromatic heterocycles. The zero-order chi connectivity index (χ0) is 26.7. The van der Waals surface area contributed by atoms with E-state index in [2.05, 4.69) is 0 Å². The van der Waals surface area contributed by atoms with Gasteiger partial charge in [0.2, 0.25) is 0 Å². The third-order valence-corrected chi connectivity index (χ3v) is 6.67. The number of Topliss-reactive ketones (excluding diaryl/α,β-unsaturated/α-hetero) is 1. The van der Waals surface area contributed by atoms with Crippen LogP contribution in [-0.4, -0.2) is 36.1 Å². The predicted octanol–water partition coefficient (Wildman–Crippen LogP) is 5.54. The molecular weight excluding hydrogens is 470 g/mol. The number of hydrogen-bond acceptors (Lipinski definition) is 7. The first-order chi connectivity index (χ1) is 17.7. The van der Waals surface area contributed by atoms with E-state index in [1.165, 1.54) is 6.92 Å². The molecule has 1 heterocycles. The van der Waals surface area contributed by atoms with Gasteiger partial charge in [-0.05, 0) is 63.3 Å². The molecule has 1 fully saturated rings. The quantitative estimate of drug-likeness (QED) is 0.364. The van der Waals surface area contributed by atoms with Crippen LogP contribution in [0.2, 0.25) is 0 Å². The van der Waals surface area contributed by atoms with Crippen molar-refractivity contribution in [3.8, 4) is 11.5 Å². The Morgan fingerprint density at radius 2 is 1.73 bits per heavy atom. The number of nitrogens with zero attached hydrogens (tertiary/aromatic N) is 1. The average molecular weight is 504 g/mol. The molecule has 1 unspecified atom stereocenters. The lowest BCUT2D eigenvalue weighted by atomic mass is 9.66. The normalized spacial score (nSPS) is 21.3. The number of carbonyl (C=O) groups excluding carboxylic acids is 3. The van der Waals surface area contributed by atoms with Crippen LogP contribution in [0.25, 0.3) is 0 Å². The van der Waals surface area contributed by atoms with Crippen LogP contribution in [0, 0.1) is 5.92 Å². The van der Waals surface area contributed by atoms with Crippen LogP contribution >= 0.6 is 0 Å². The number of hydrogen-bond donors (Lipinski definition) is 0. The lowest BCUT2D eigenvalue weighted by Crippen LogP contribution is -2.41. The Kier molecular flexibility index (Phi) is 7.91. The second-order valence-corrected chi connectivity index (χ2v) is 9.73. The van der Waals surface area contributed by atoms with Gasteiger partial charge >= 0.3 is 11.9 Å². The molecule has 7 heteroatoms. The molecular formula is C30H33NO6. The van der Waals surface area contributed by atoms with Crippen molar-refractivity contribution in [2.45, 2.75) is 65.4 Å². The molecule has 2 aromatic carbocycles. The molecule has 2 aromatic rings. The van der Waals surface area contributed by atoms with Gasteiger partial charge in [-0.25, -0.2) is 4.79 Å². The van der Waals surface area contributed by atoms with Gasteiger partial charge < -0.3 is 14.2 Å². The highest BCUT2D eigenvalue weighted by Gasteiger charge is 2.46. The van der Waals surface area contributed by atoms with Gasteiger partial charge in [-0.2, -0.15) is 0 Å². The summed E-state index contributed by atoms with van der Waals surface area (Å²) in [7, 11) is 0. The van der Waals surface area contributed by atoms with Crippen molar-refractivity contribution in [2.24, 2.45) is 10.9 Å². The molecule has 0 bridgehead atoms. The zero-order valence-corrected chi connectivity index (χ0v) is 21.9.